The number of rotatable bonds is 2. The molecule has 1 atom stereocenters. The highest BCUT2D eigenvalue weighted by atomic mass is 35.5. The van der Waals surface area contributed by atoms with Crippen molar-refractivity contribution in [3.63, 3.8) is 0 Å². The Labute approximate surface area is 71.6 Å². The van der Waals surface area contributed by atoms with Crippen LogP contribution in [0.3, 0.4) is 0 Å². The van der Waals surface area contributed by atoms with Crippen molar-refractivity contribution in [3.05, 3.63) is 11.6 Å². The lowest BCUT2D eigenvalue weighted by Gasteiger charge is -2.19. The van der Waals surface area contributed by atoms with Gasteiger partial charge in [-0.2, -0.15) is 0 Å². The molecule has 1 aliphatic rings. The van der Waals surface area contributed by atoms with Crippen LogP contribution in [-0.2, 0) is 4.79 Å². The highest BCUT2D eigenvalue weighted by Gasteiger charge is 2.19. The fourth-order valence-corrected chi connectivity index (χ4v) is 1.38. The SMILES string of the molecule is O=C1NCCCC1C/C=C/Cl. The van der Waals surface area contributed by atoms with Crippen LogP contribution in [0.25, 0.3) is 0 Å². The van der Waals surface area contributed by atoms with Gasteiger partial charge in [0.15, 0.2) is 0 Å². The summed E-state index contributed by atoms with van der Waals surface area (Å²) in [5.74, 6) is 0.324. The maximum absolute atomic E-state index is 11.1. The van der Waals surface area contributed by atoms with Crippen LogP contribution in [0.1, 0.15) is 19.3 Å². The first kappa shape index (κ1) is 8.60. The average Bonchev–Trinajstić information content (AvgIpc) is 2.03. The molecule has 1 amide bonds. The minimum atomic E-state index is 0.152. The summed E-state index contributed by atoms with van der Waals surface area (Å²) in [6, 6.07) is 0. The van der Waals surface area contributed by atoms with Gasteiger partial charge in [0.1, 0.15) is 0 Å². The van der Waals surface area contributed by atoms with E-state index < -0.39 is 0 Å². The van der Waals surface area contributed by atoms with Crippen molar-refractivity contribution in [1.82, 2.24) is 5.32 Å². The van der Waals surface area contributed by atoms with Crippen LogP contribution >= 0.6 is 11.6 Å². The number of nitrogens with one attached hydrogen (secondary N) is 1. The number of amides is 1. The first-order valence-electron chi connectivity index (χ1n) is 3.87. The monoisotopic (exact) mass is 173 g/mol. The summed E-state index contributed by atoms with van der Waals surface area (Å²) >= 11 is 5.36. The third-order valence-electron chi connectivity index (χ3n) is 1.91. The molecule has 0 aliphatic carbocycles. The molecule has 62 valence electrons. The molecule has 3 heteroatoms. The summed E-state index contributed by atoms with van der Waals surface area (Å²) in [6.45, 7) is 0.833. The molecule has 0 aromatic rings. The number of halogens is 1. The zero-order chi connectivity index (χ0) is 8.10. The normalized spacial score (nSPS) is 25.5. The quantitative estimate of drug-likeness (QED) is 0.676. The fraction of sp³-hybridized carbons (Fsp3) is 0.625. The molecule has 1 saturated heterocycles. The summed E-state index contributed by atoms with van der Waals surface area (Å²) in [6.07, 6.45) is 4.69. The number of carbonyl (C=O) groups excluding carboxylic acids is 1. The Kier molecular flexibility index (Phi) is 3.43. The van der Waals surface area contributed by atoms with E-state index in [9.17, 15) is 4.79 Å². The van der Waals surface area contributed by atoms with Crippen LogP contribution in [0.2, 0.25) is 0 Å². The van der Waals surface area contributed by atoms with Crippen molar-refractivity contribution in [2.75, 3.05) is 6.54 Å². The van der Waals surface area contributed by atoms with Gasteiger partial charge in [0.05, 0.1) is 0 Å². The molecule has 1 fully saturated rings. The number of hydrogen-bond acceptors (Lipinski definition) is 1. The van der Waals surface area contributed by atoms with Crippen LogP contribution < -0.4 is 5.32 Å². The van der Waals surface area contributed by atoms with E-state index in [1.54, 1.807) is 0 Å². The van der Waals surface area contributed by atoms with E-state index in [-0.39, 0.29) is 11.8 Å². The Hall–Kier alpha value is -0.500. The molecule has 1 heterocycles. The summed E-state index contributed by atoms with van der Waals surface area (Å²) in [7, 11) is 0. The Morgan fingerprint density at radius 1 is 1.73 bits per heavy atom. The zero-order valence-corrected chi connectivity index (χ0v) is 7.10. The van der Waals surface area contributed by atoms with Crippen molar-refractivity contribution in [2.45, 2.75) is 19.3 Å². The molecule has 0 spiro atoms. The summed E-state index contributed by atoms with van der Waals surface area (Å²) in [5.41, 5.74) is 1.47. The second kappa shape index (κ2) is 4.39. The van der Waals surface area contributed by atoms with Gasteiger partial charge in [0, 0.05) is 18.0 Å². The summed E-state index contributed by atoms with van der Waals surface area (Å²) in [5, 5.41) is 2.83. The van der Waals surface area contributed by atoms with E-state index in [0.29, 0.717) is 0 Å². The number of allylic oxidation sites excluding steroid dienone is 1. The fourth-order valence-electron chi connectivity index (χ4n) is 1.28. The Balaban J connectivity index is 2.35. The van der Waals surface area contributed by atoms with Crippen LogP contribution in [-0.4, -0.2) is 12.5 Å². The maximum atomic E-state index is 11.1. The molecule has 11 heavy (non-hydrogen) atoms. The smallest absolute Gasteiger partial charge is 0.223 e. The van der Waals surface area contributed by atoms with Gasteiger partial charge in [-0.1, -0.05) is 17.7 Å². The molecule has 1 rings (SSSR count). The van der Waals surface area contributed by atoms with E-state index in [1.165, 1.54) is 5.54 Å². The van der Waals surface area contributed by atoms with Gasteiger partial charge in [-0.3, -0.25) is 4.79 Å². The predicted molar refractivity (Wildman–Crippen MR) is 45.3 cm³/mol. The zero-order valence-electron chi connectivity index (χ0n) is 6.35. The van der Waals surface area contributed by atoms with Crippen molar-refractivity contribution in [1.29, 1.82) is 0 Å². The lowest BCUT2D eigenvalue weighted by atomic mass is 9.95. The van der Waals surface area contributed by atoms with Crippen LogP contribution in [0.15, 0.2) is 11.6 Å². The lowest BCUT2D eigenvalue weighted by Crippen LogP contribution is -2.36. The molecule has 1 unspecified atom stereocenters. The molecule has 1 N–H and O–H groups in total. The Morgan fingerprint density at radius 2 is 2.55 bits per heavy atom. The van der Waals surface area contributed by atoms with Crippen LogP contribution in [0, 0.1) is 5.92 Å². The van der Waals surface area contributed by atoms with Gasteiger partial charge in [0.2, 0.25) is 5.91 Å². The van der Waals surface area contributed by atoms with E-state index in [4.69, 9.17) is 11.6 Å². The second-order valence-corrected chi connectivity index (χ2v) is 2.98. The van der Waals surface area contributed by atoms with Gasteiger partial charge in [-0.15, -0.1) is 0 Å². The minimum absolute atomic E-state index is 0.152. The standard InChI is InChI=1S/C8H12ClNO/c9-5-1-3-7-4-2-6-10-8(7)11/h1,5,7H,2-4,6H2,(H,10,11)/b5-1+. The van der Waals surface area contributed by atoms with Gasteiger partial charge in [-0.05, 0) is 19.3 Å². The van der Waals surface area contributed by atoms with Crippen molar-refractivity contribution >= 4 is 17.5 Å². The molecular weight excluding hydrogens is 162 g/mol. The van der Waals surface area contributed by atoms with Crippen LogP contribution in [0.5, 0.6) is 0 Å². The van der Waals surface area contributed by atoms with Crippen molar-refractivity contribution < 1.29 is 4.79 Å². The first-order valence-corrected chi connectivity index (χ1v) is 4.31. The lowest BCUT2D eigenvalue weighted by molar-refractivity contribution is -0.126. The van der Waals surface area contributed by atoms with E-state index in [2.05, 4.69) is 5.32 Å². The van der Waals surface area contributed by atoms with E-state index >= 15 is 0 Å². The van der Waals surface area contributed by atoms with Gasteiger partial charge in [0.25, 0.3) is 0 Å². The van der Waals surface area contributed by atoms with Crippen molar-refractivity contribution in [3.8, 4) is 0 Å². The third-order valence-corrected chi connectivity index (χ3v) is 2.09. The molecule has 0 saturated carbocycles. The molecule has 2 nitrogen and oxygen atoms in total. The molecule has 0 aromatic heterocycles. The number of hydrogen-bond donors (Lipinski definition) is 1. The van der Waals surface area contributed by atoms with E-state index in [1.807, 2.05) is 6.08 Å². The Bertz CT molecular complexity index is 167. The van der Waals surface area contributed by atoms with Crippen molar-refractivity contribution in [2.24, 2.45) is 5.92 Å². The molecule has 0 bridgehead atoms. The second-order valence-electron chi connectivity index (χ2n) is 2.73. The van der Waals surface area contributed by atoms with Gasteiger partial charge >= 0.3 is 0 Å². The first-order chi connectivity index (χ1) is 5.34. The largest absolute Gasteiger partial charge is 0.356 e. The van der Waals surface area contributed by atoms with E-state index in [0.717, 1.165) is 25.8 Å². The molecule has 1 aliphatic heterocycles. The minimum Gasteiger partial charge on any atom is -0.356 e. The van der Waals surface area contributed by atoms with Gasteiger partial charge in [-0.25, -0.2) is 0 Å². The topological polar surface area (TPSA) is 29.1 Å². The maximum Gasteiger partial charge on any atom is 0.223 e. The highest BCUT2D eigenvalue weighted by Crippen LogP contribution is 2.15. The van der Waals surface area contributed by atoms with Crippen LogP contribution in [0.4, 0.5) is 0 Å². The summed E-state index contributed by atoms with van der Waals surface area (Å²) in [4.78, 5) is 11.1. The highest BCUT2D eigenvalue weighted by molar-refractivity contribution is 6.25. The van der Waals surface area contributed by atoms with Gasteiger partial charge < -0.3 is 5.32 Å². The number of piperidine rings is 1. The number of carbonyl (C=O) groups is 1. The Morgan fingerprint density at radius 3 is 3.18 bits per heavy atom. The molecular formula is C8H12ClNO. The summed E-state index contributed by atoms with van der Waals surface area (Å²) < 4.78 is 0. The third kappa shape index (κ3) is 2.54. The predicted octanol–water partition coefficient (Wildman–Crippen LogP) is 1.66. The molecule has 0 aromatic carbocycles. The average molecular weight is 174 g/mol. The molecule has 0 radical (unpaired) electrons.